The van der Waals surface area contributed by atoms with E-state index in [1.807, 2.05) is 24.3 Å². The maximum absolute atomic E-state index is 12.7. The minimum absolute atomic E-state index is 0.00937. The SMILES string of the molecule is NCC(CO)Cc1cccc(-c2cnn(-c3ccc(C(F)(F)F)cc3)c2)c1. The Balaban J connectivity index is 1.81. The van der Waals surface area contributed by atoms with Crippen LogP contribution in [0, 0.1) is 5.92 Å². The highest BCUT2D eigenvalue weighted by Crippen LogP contribution is 2.30. The van der Waals surface area contributed by atoms with Gasteiger partial charge >= 0.3 is 6.18 Å². The highest BCUT2D eigenvalue weighted by atomic mass is 19.4. The van der Waals surface area contributed by atoms with Crippen LogP contribution in [0.3, 0.4) is 0 Å². The van der Waals surface area contributed by atoms with E-state index in [9.17, 15) is 18.3 Å². The average molecular weight is 375 g/mol. The summed E-state index contributed by atoms with van der Waals surface area (Å²) in [7, 11) is 0. The Morgan fingerprint density at radius 3 is 2.44 bits per heavy atom. The first-order valence-electron chi connectivity index (χ1n) is 8.53. The van der Waals surface area contributed by atoms with Crippen molar-refractivity contribution in [3.05, 3.63) is 72.1 Å². The van der Waals surface area contributed by atoms with Gasteiger partial charge in [0.2, 0.25) is 0 Å². The fourth-order valence-corrected chi connectivity index (χ4v) is 2.85. The van der Waals surface area contributed by atoms with Crippen LogP contribution in [-0.2, 0) is 12.6 Å². The lowest BCUT2D eigenvalue weighted by molar-refractivity contribution is -0.137. The number of alkyl halides is 3. The molecular formula is C20H20F3N3O. The second-order valence-corrected chi connectivity index (χ2v) is 6.41. The van der Waals surface area contributed by atoms with Crippen LogP contribution in [0.1, 0.15) is 11.1 Å². The maximum atomic E-state index is 12.7. The lowest BCUT2D eigenvalue weighted by atomic mass is 9.97. The molecule has 142 valence electrons. The molecule has 0 fully saturated rings. The number of aromatic nitrogens is 2. The number of nitrogens with zero attached hydrogens (tertiary/aromatic N) is 2. The molecule has 0 aliphatic heterocycles. The minimum atomic E-state index is -4.36. The van der Waals surface area contributed by atoms with Crippen molar-refractivity contribution in [1.82, 2.24) is 9.78 Å². The van der Waals surface area contributed by atoms with Gasteiger partial charge in [0.1, 0.15) is 0 Å². The number of nitrogens with two attached hydrogens (primary N) is 1. The molecule has 3 rings (SSSR count). The maximum Gasteiger partial charge on any atom is 0.416 e. The second kappa shape index (κ2) is 7.94. The van der Waals surface area contributed by atoms with Gasteiger partial charge in [0, 0.05) is 18.4 Å². The van der Waals surface area contributed by atoms with Crippen molar-refractivity contribution >= 4 is 0 Å². The van der Waals surface area contributed by atoms with Gasteiger partial charge in [-0.1, -0.05) is 24.3 Å². The summed E-state index contributed by atoms with van der Waals surface area (Å²) in [5.41, 5.74) is 8.35. The summed E-state index contributed by atoms with van der Waals surface area (Å²) in [4.78, 5) is 0. The van der Waals surface area contributed by atoms with Gasteiger partial charge in [-0.15, -0.1) is 0 Å². The van der Waals surface area contributed by atoms with Crippen LogP contribution in [0.2, 0.25) is 0 Å². The van der Waals surface area contributed by atoms with Gasteiger partial charge in [-0.05, 0) is 54.3 Å². The molecule has 1 heterocycles. The van der Waals surface area contributed by atoms with Gasteiger partial charge in [0.25, 0.3) is 0 Å². The number of rotatable bonds is 6. The van der Waals surface area contributed by atoms with Gasteiger partial charge in [-0.3, -0.25) is 0 Å². The zero-order valence-electron chi connectivity index (χ0n) is 14.5. The van der Waals surface area contributed by atoms with E-state index in [2.05, 4.69) is 5.10 Å². The van der Waals surface area contributed by atoms with E-state index in [1.165, 1.54) is 12.1 Å². The lowest BCUT2D eigenvalue weighted by Gasteiger charge is -2.11. The van der Waals surface area contributed by atoms with Crippen LogP contribution < -0.4 is 5.73 Å². The standard InChI is InChI=1S/C20H20F3N3O/c21-20(22,23)18-4-6-19(7-5-18)26-12-17(11-25-26)16-3-1-2-14(9-16)8-15(10-24)13-27/h1-7,9,11-12,15,27H,8,10,13,24H2. The predicted molar refractivity (Wildman–Crippen MR) is 97.3 cm³/mol. The summed E-state index contributed by atoms with van der Waals surface area (Å²) in [6.45, 7) is 0.444. The normalized spacial score (nSPS) is 12.9. The summed E-state index contributed by atoms with van der Waals surface area (Å²) < 4.78 is 39.6. The molecule has 2 aromatic carbocycles. The minimum Gasteiger partial charge on any atom is -0.396 e. The fraction of sp³-hybridized carbons (Fsp3) is 0.250. The Labute approximate surface area is 155 Å². The third-order valence-corrected chi connectivity index (χ3v) is 4.42. The number of hydrogen-bond donors (Lipinski definition) is 2. The largest absolute Gasteiger partial charge is 0.416 e. The zero-order chi connectivity index (χ0) is 19.4. The van der Waals surface area contributed by atoms with Crippen LogP contribution in [0.15, 0.2) is 60.9 Å². The Kier molecular flexibility index (Phi) is 5.62. The average Bonchev–Trinajstić information content (AvgIpc) is 3.16. The zero-order valence-corrected chi connectivity index (χ0v) is 14.5. The highest BCUT2D eigenvalue weighted by molar-refractivity contribution is 5.63. The Morgan fingerprint density at radius 1 is 1.07 bits per heavy atom. The third-order valence-electron chi connectivity index (χ3n) is 4.42. The topological polar surface area (TPSA) is 64.1 Å². The summed E-state index contributed by atoms with van der Waals surface area (Å²) in [6.07, 6.45) is -0.241. The fourth-order valence-electron chi connectivity index (χ4n) is 2.85. The smallest absolute Gasteiger partial charge is 0.396 e. The molecule has 7 heteroatoms. The molecule has 1 unspecified atom stereocenters. The van der Waals surface area contributed by atoms with Crippen molar-refractivity contribution in [1.29, 1.82) is 0 Å². The molecule has 3 aromatic rings. The van der Waals surface area contributed by atoms with Crippen molar-refractivity contribution in [2.75, 3.05) is 13.2 Å². The molecular weight excluding hydrogens is 355 g/mol. The molecule has 3 N–H and O–H groups in total. The van der Waals surface area contributed by atoms with Gasteiger partial charge in [0.05, 0.1) is 17.4 Å². The number of halogens is 3. The van der Waals surface area contributed by atoms with Crippen molar-refractivity contribution in [2.45, 2.75) is 12.6 Å². The molecule has 27 heavy (non-hydrogen) atoms. The van der Waals surface area contributed by atoms with Crippen LogP contribution in [0.5, 0.6) is 0 Å². The van der Waals surface area contributed by atoms with Crippen LogP contribution in [0.4, 0.5) is 13.2 Å². The quantitative estimate of drug-likeness (QED) is 0.691. The Morgan fingerprint density at radius 2 is 1.81 bits per heavy atom. The van der Waals surface area contributed by atoms with E-state index in [-0.39, 0.29) is 12.5 Å². The summed E-state index contributed by atoms with van der Waals surface area (Å²) in [5, 5.41) is 13.6. The summed E-state index contributed by atoms with van der Waals surface area (Å²) in [6, 6.07) is 12.7. The molecule has 0 saturated heterocycles. The first-order valence-corrected chi connectivity index (χ1v) is 8.53. The van der Waals surface area contributed by atoms with E-state index in [1.54, 1.807) is 17.1 Å². The number of aliphatic hydroxyl groups is 1. The first-order chi connectivity index (χ1) is 12.9. The summed E-state index contributed by atoms with van der Waals surface area (Å²) in [5.74, 6) is 0.00937. The van der Waals surface area contributed by atoms with Gasteiger partial charge in [-0.2, -0.15) is 18.3 Å². The third kappa shape index (κ3) is 4.56. The molecule has 0 amide bonds. The molecule has 0 radical (unpaired) electrons. The van der Waals surface area contributed by atoms with E-state index in [0.29, 0.717) is 18.7 Å². The monoisotopic (exact) mass is 375 g/mol. The molecule has 0 bridgehead atoms. The molecule has 0 saturated carbocycles. The summed E-state index contributed by atoms with van der Waals surface area (Å²) >= 11 is 0. The molecule has 0 aliphatic carbocycles. The highest BCUT2D eigenvalue weighted by Gasteiger charge is 2.30. The number of benzene rings is 2. The second-order valence-electron chi connectivity index (χ2n) is 6.41. The van der Waals surface area contributed by atoms with E-state index >= 15 is 0 Å². The van der Waals surface area contributed by atoms with Crippen LogP contribution in [-0.4, -0.2) is 28.0 Å². The molecule has 1 atom stereocenters. The van der Waals surface area contributed by atoms with Crippen LogP contribution >= 0.6 is 0 Å². The Bertz CT molecular complexity index is 884. The van der Waals surface area contributed by atoms with E-state index < -0.39 is 11.7 Å². The lowest BCUT2D eigenvalue weighted by Crippen LogP contribution is -2.20. The van der Waals surface area contributed by atoms with E-state index in [0.717, 1.165) is 28.8 Å². The van der Waals surface area contributed by atoms with E-state index in [4.69, 9.17) is 5.73 Å². The van der Waals surface area contributed by atoms with Crippen LogP contribution in [0.25, 0.3) is 16.8 Å². The Hall–Kier alpha value is -2.64. The van der Waals surface area contributed by atoms with Crippen molar-refractivity contribution < 1.29 is 18.3 Å². The molecule has 4 nitrogen and oxygen atoms in total. The number of hydrogen-bond acceptors (Lipinski definition) is 3. The van der Waals surface area contributed by atoms with Gasteiger partial charge in [0.15, 0.2) is 0 Å². The molecule has 0 aliphatic rings. The first kappa shape index (κ1) is 19.1. The molecule has 0 spiro atoms. The van der Waals surface area contributed by atoms with Gasteiger partial charge in [-0.25, -0.2) is 4.68 Å². The number of aliphatic hydroxyl groups excluding tert-OH is 1. The van der Waals surface area contributed by atoms with Crippen molar-refractivity contribution in [3.63, 3.8) is 0 Å². The van der Waals surface area contributed by atoms with Crippen molar-refractivity contribution in [2.24, 2.45) is 11.7 Å². The molecule has 1 aromatic heterocycles. The van der Waals surface area contributed by atoms with Crippen molar-refractivity contribution in [3.8, 4) is 16.8 Å². The van der Waals surface area contributed by atoms with Gasteiger partial charge < -0.3 is 10.8 Å². The predicted octanol–water partition coefficient (Wildman–Crippen LogP) is 3.67.